The Kier molecular flexibility index (Phi) is 6.00. The predicted molar refractivity (Wildman–Crippen MR) is 133 cm³/mol. The minimum atomic E-state index is -0.442. The topological polar surface area (TPSA) is 58.6 Å². The van der Waals surface area contributed by atoms with Gasteiger partial charge < -0.3 is 10.1 Å². The highest BCUT2D eigenvalue weighted by atomic mass is 35.5. The number of carbonyl (C=O) groups is 2. The molecule has 0 saturated heterocycles. The Morgan fingerprint density at radius 1 is 0.818 bits per heavy atom. The zero-order chi connectivity index (χ0) is 23.9. The maximum Gasteiger partial charge on any atom is 0.282 e. The number of halogens is 1. The van der Waals surface area contributed by atoms with Crippen LogP contribution in [0.4, 0.5) is 11.4 Å². The summed E-state index contributed by atoms with van der Waals surface area (Å²) in [4.78, 5) is 28.6. The monoisotopic (exact) mass is 460 g/mol. The second-order valence-corrected chi connectivity index (χ2v) is 8.69. The van der Waals surface area contributed by atoms with Crippen molar-refractivity contribution in [2.75, 3.05) is 17.3 Å². The number of hydrogen-bond donors (Lipinski definition) is 1. The van der Waals surface area contributed by atoms with Crippen LogP contribution in [0, 0.1) is 27.7 Å². The lowest BCUT2D eigenvalue weighted by molar-refractivity contribution is -0.120. The Morgan fingerprint density at radius 3 is 2.24 bits per heavy atom. The van der Waals surface area contributed by atoms with E-state index in [0.717, 1.165) is 22.3 Å². The van der Waals surface area contributed by atoms with E-state index in [0.29, 0.717) is 33.3 Å². The van der Waals surface area contributed by atoms with Gasteiger partial charge in [-0.25, -0.2) is 4.90 Å². The summed E-state index contributed by atoms with van der Waals surface area (Å²) < 4.78 is 5.48. The number of nitrogens with zero attached hydrogens (tertiary/aromatic N) is 1. The van der Waals surface area contributed by atoms with Crippen molar-refractivity contribution in [1.29, 1.82) is 0 Å². The molecule has 1 heterocycles. The molecule has 3 aromatic rings. The van der Waals surface area contributed by atoms with Gasteiger partial charge in [0, 0.05) is 5.02 Å². The van der Waals surface area contributed by atoms with Crippen LogP contribution in [-0.4, -0.2) is 18.9 Å². The molecule has 0 bridgehead atoms. The van der Waals surface area contributed by atoms with E-state index in [1.807, 2.05) is 64.1 Å². The van der Waals surface area contributed by atoms with Crippen molar-refractivity contribution in [1.82, 2.24) is 0 Å². The molecule has 0 fully saturated rings. The first-order chi connectivity index (χ1) is 15.7. The van der Waals surface area contributed by atoms with E-state index in [-0.39, 0.29) is 5.70 Å². The van der Waals surface area contributed by atoms with Gasteiger partial charge in [0.1, 0.15) is 11.4 Å². The van der Waals surface area contributed by atoms with Crippen molar-refractivity contribution >= 4 is 40.4 Å². The molecule has 1 N–H and O–H groups in total. The highest BCUT2D eigenvalue weighted by Gasteiger charge is 2.41. The number of amides is 2. The molecule has 2 amide bonds. The standard InChI is InChI=1S/C27H25ClN2O3/c1-15-6-11-23(33-5)21(12-15)29-25-24(19-9-7-16(2)18(4)13-19)26(31)30(27(25)32)22-14-20(28)10-8-17(22)3/h6-14,29H,1-5H3. The summed E-state index contributed by atoms with van der Waals surface area (Å²) >= 11 is 6.21. The minimum absolute atomic E-state index is 0.200. The zero-order valence-electron chi connectivity index (χ0n) is 19.2. The fraction of sp³-hybridized carbons (Fsp3) is 0.185. The fourth-order valence-electron chi connectivity index (χ4n) is 3.91. The molecule has 1 aliphatic rings. The van der Waals surface area contributed by atoms with E-state index in [1.54, 1.807) is 25.3 Å². The summed E-state index contributed by atoms with van der Waals surface area (Å²) in [6, 6.07) is 16.6. The Bertz CT molecular complexity index is 1330. The molecule has 6 heteroatoms. The lowest BCUT2D eigenvalue weighted by Gasteiger charge is -2.18. The van der Waals surface area contributed by atoms with Gasteiger partial charge in [0.2, 0.25) is 0 Å². The average Bonchev–Trinajstić information content (AvgIpc) is 3.01. The van der Waals surface area contributed by atoms with Crippen molar-refractivity contribution in [3.8, 4) is 5.75 Å². The number of aryl methyl sites for hydroxylation is 4. The molecule has 0 atom stereocenters. The van der Waals surface area contributed by atoms with Crippen molar-refractivity contribution < 1.29 is 14.3 Å². The van der Waals surface area contributed by atoms with E-state index in [9.17, 15) is 9.59 Å². The smallest absolute Gasteiger partial charge is 0.282 e. The number of carbonyl (C=O) groups excluding carboxylic acids is 2. The summed E-state index contributed by atoms with van der Waals surface area (Å²) in [6.45, 7) is 7.78. The number of imide groups is 1. The normalized spacial score (nSPS) is 13.7. The number of benzene rings is 3. The number of ether oxygens (including phenoxy) is 1. The van der Waals surface area contributed by atoms with Crippen LogP contribution in [0.5, 0.6) is 5.75 Å². The SMILES string of the molecule is COc1ccc(C)cc1NC1=C(c2ccc(C)c(C)c2)C(=O)N(c2cc(Cl)ccc2C)C1=O. The van der Waals surface area contributed by atoms with Crippen LogP contribution < -0.4 is 15.0 Å². The van der Waals surface area contributed by atoms with Crippen molar-refractivity contribution in [3.63, 3.8) is 0 Å². The summed E-state index contributed by atoms with van der Waals surface area (Å²) in [7, 11) is 1.57. The molecule has 0 aliphatic carbocycles. The van der Waals surface area contributed by atoms with Gasteiger partial charge in [-0.3, -0.25) is 9.59 Å². The zero-order valence-corrected chi connectivity index (χ0v) is 20.0. The Hall–Kier alpha value is -3.57. The van der Waals surface area contributed by atoms with E-state index in [2.05, 4.69) is 5.32 Å². The summed E-state index contributed by atoms with van der Waals surface area (Å²) in [5.41, 5.74) is 6.16. The highest BCUT2D eigenvalue weighted by Crippen LogP contribution is 2.38. The van der Waals surface area contributed by atoms with E-state index in [4.69, 9.17) is 16.3 Å². The van der Waals surface area contributed by atoms with Gasteiger partial charge >= 0.3 is 0 Å². The molecule has 33 heavy (non-hydrogen) atoms. The van der Waals surface area contributed by atoms with Gasteiger partial charge in [0.05, 0.1) is 24.1 Å². The molecule has 0 radical (unpaired) electrons. The third kappa shape index (κ3) is 4.12. The number of nitrogens with one attached hydrogen (secondary N) is 1. The lowest BCUT2D eigenvalue weighted by atomic mass is 9.99. The van der Waals surface area contributed by atoms with Gasteiger partial charge in [-0.2, -0.15) is 0 Å². The maximum absolute atomic E-state index is 13.7. The molecular weight excluding hydrogens is 436 g/mol. The third-order valence-electron chi connectivity index (χ3n) is 5.91. The van der Waals surface area contributed by atoms with E-state index < -0.39 is 11.8 Å². The van der Waals surface area contributed by atoms with Gasteiger partial charge in [0.25, 0.3) is 11.8 Å². The first-order valence-electron chi connectivity index (χ1n) is 10.6. The highest BCUT2D eigenvalue weighted by molar-refractivity contribution is 6.46. The largest absolute Gasteiger partial charge is 0.495 e. The van der Waals surface area contributed by atoms with Crippen molar-refractivity contribution in [2.24, 2.45) is 0 Å². The number of hydrogen-bond acceptors (Lipinski definition) is 4. The van der Waals surface area contributed by atoms with Gasteiger partial charge in [-0.15, -0.1) is 0 Å². The first kappa shape index (κ1) is 22.6. The molecule has 1 aliphatic heterocycles. The molecule has 168 valence electrons. The quantitative estimate of drug-likeness (QED) is 0.476. The molecule has 0 spiro atoms. The molecule has 0 unspecified atom stereocenters. The molecule has 0 aromatic heterocycles. The van der Waals surface area contributed by atoms with E-state index >= 15 is 0 Å². The molecular formula is C27H25ClN2O3. The lowest BCUT2D eigenvalue weighted by Crippen LogP contribution is -2.33. The third-order valence-corrected chi connectivity index (χ3v) is 6.14. The predicted octanol–water partition coefficient (Wildman–Crippen LogP) is 5.98. The van der Waals surface area contributed by atoms with Crippen molar-refractivity contribution in [2.45, 2.75) is 27.7 Å². The number of methoxy groups -OCH3 is 1. The average molecular weight is 461 g/mol. The van der Waals surface area contributed by atoms with Gasteiger partial charge in [-0.05, 0) is 79.8 Å². The molecule has 3 aromatic carbocycles. The summed E-state index contributed by atoms with van der Waals surface area (Å²) in [5, 5.41) is 3.66. The number of rotatable bonds is 5. The molecule has 5 nitrogen and oxygen atoms in total. The van der Waals surface area contributed by atoms with Gasteiger partial charge in [-0.1, -0.05) is 41.9 Å². The van der Waals surface area contributed by atoms with Gasteiger partial charge in [0.15, 0.2) is 0 Å². The van der Waals surface area contributed by atoms with Crippen LogP contribution in [0.2, 0.25) is 5.02 Å². The van der Waals surface area contributed by atoms with Crippen LogP contribution >= 0.6 is 11.6 Å². The Labute approximate surface area is 198 Å². The van der Waals surface area contributed by atoms with Crippen LogP contribution in [0.3, 0.4) is 0 Å². The van der Waals surface area contributed by atoms with Crippen LogP contribution in [-0.2, 0) is 9.59 Å². The summed E-state index contributed by atoms with van der Waals surface area (Å²) in [6.07, 6.45) is 0. The van der Waals surface area contributed by atoms with Crippen molar-refractivity contribution in [3.05, 3.63) is 93.1 Å². The molecule has 4 rings (SSSR count). The first-order valence-corrected chi connectivity index (χ1v) is 11.0. The van der Waals surface area contributed by atoms with Crippen LogP contribution in [0.1, 0.15) is 27.8 Å². The van der Waals surface area contributed by atoms with E-state index in [1.165, 1.54) is 4.90 Å². The number of anilines is 2. The van der Waals surface area contributed by atoms with Crippen LogP contribution in [0.15, 0.2) is 60.3 Å². The molecule has 0 saturated carbocycles. The summed E-state index contributed by atoms with van der Waals surface area (Å²) in [5.74, 6) is -0.268. The Balaban J connectivity index is 1.91. The minimum Gasteiger partial charge on any atom is -0.495 e. The Morgan fingerprint density at radius 2 is 1.55 bits per heavy atom. The second kappa shape index (κ2) is 8.75. The second-order valence-electron chi connectivity index (χ2n) is 8.25. The maximum atomic E-state index is 13.7. The van der Waals surface area contributed by atoms with Crippen LogP contribution in [0.25, 0.3) is 5.57 Å². The fourth-order valence-corrected chi connectivity index (χ4v) is 4.07.